The van der Waals surface area contributed by atoms with Gasteiger partial charge < -0.3 is 9.42 Å². The fourth-order valence-corrected chi connectivity index (χ4v) is 3.26. The van der Waals surface area contributed by atoms with Gasteiger partial charge in [0.1, 0.15) is 5.82 Å². The molecule has 2 fully saturated rings. The summed E-state index contributed by atoms with van der Waals surface area (Å²) in [5.41, 5.74) is 0.900. The van der Waals surface area contributed by atoms with Crippen LogP contribution in [-0.2, 0) is 0 Å². The predicted molar refractivity (Wildman–Crippen MR) is 89.6 cm³/mol. The maximum Gasteiger partial charge on any atom is 0.243 e. The molecule has 1 atom stereocenters. The minimum Gasteiger partial charge on any atom is -0.367 e. The topological polar surface area (TPSA) is 69.2 Å². The second kappa shape index (κ2) is 6.45. The Bertz CT molecular complexity index is 802. The zero-order valence-electron chi connectivity index (χ0n) is 14.2. The number of halogens is 1. The number of nitrogens with zero attached hydrogens (tertiary/aromatic N) is 5. The van der Waals surface area contributed by atoms with Gasteiger partial charge in [0.25, 0.3) is 0 Å². The second-order valence-corrected chi connectivity index (χ2v) is 6.74. The number of aromatic nitrogens is 2. The molecule has 1 aromatic carbocycles. The monoisotopic (exact) mass is 341 g/mol. The molecule has 0 spiro atoms. The number of benzene rings is 1. The van der Waals surface area contributed by atoms with E-state index in [0.29, 0.717) is 23.1 Å². The average molecular weight is 341 g/mol. The molecule has 0 bridgehead atoms. The summed E-state index contributed by atoms with van der Waals surface area (Å²) >= 11 is 0. The van der Waals surface area contributed by atoms with Crippen LogP contribution in [0.1, 0.15) is 49.0 Å². The molecule has 0 radical (unpaired) electrons. The Hall–Kier alpha value is -2.46. The molecule has 4 rings (SSSR count). The van der Waals surface area contributed by atoms with Crippen molar-refractivity contribution in [2.45, 2.75) is 31.7 Å². The molecule has 2 aromatic rings. The molecule has 1 saturated heterocycles. The van der Waals surface area contributed by atoms with E-state index in [0.717, 1.165) is 44.8 Å². The van der Waals surface area contributed by atoms with Crippen LogP contribution in [0.3, 0.4) is 0 Å². The maximum atomic E-state index is 14.2. The van der Waals surface area contributed by atoms with Crippen molar-refractivity contribution in [3.8, 4) is 6.07 Å². The van der Waals surface area contributed by atoms with Gasteiger partial charge in [0.2, 0.25) is 5.89 Å². The largest absolute Gasteiger partial charge is 0.367 e. The first-order chi connectivity index (χ1) is 12.2. The first kappa shape index (κ1) is 16.0. The summed E-state index contributed by atoms with van der Waals surface area (Å²) in [6.07, 6.45) is 2.31. The minimum absolute atomic E-state index is 0.0629. The van der Waals surface area contributed by atoms with Gasteiger partial charge in [-0.3, -0.25) is 4.90 Å². The van der Waals surface area contributed by atoms with Crippen molar-refractivity contribution in [1.29, 1.82) is 5.26 Å². The van der Waals surface area contributed by atoms with Crippen LogP contribution in [0.5, 0.6) is 0 Å². The van der Waals surface area contributed by atoms with Crippen LogP contribution in [-0.4, -0.2) is 41.2 Å². The van der Waals surface area contributed by atoms with Crippen molar-refractivity contribution < 1.29 is 8.91 Å². The van der Waals surface area contributed by atoms with Crippen LogP contribution in [0.25, 0.3) is 0 Å². The smallest absolute Gasteiger partial charge is 0.243 e. The first-order valence-corrected chi connectivity index (χ1v) is 8.68. The van der Waals surface area contributed by atoms with Gasteiger partial charge in [-0.15, -0.1) is 0 Å². The van der Waals surface area contributed by atoms with E-state index in [1.165, 1.54) is 6.07 Å². The quantitative estimate of drug-likeness (QED) is 0.852. The number of rotatable bonds is 4. The number of hydrogen-bond acceptors (Lipinski definition) is 6. The van der Waals surface area contributed by atoms with Crippen molar-refractivity contribution in [3.63, 3.8) is 0 Å². The van der Waals surface area contributed by atoms with Crippen LogP contribution >= 0.6 is 0 Å². The Morgan fingerprint density at radius 1 is 1.28 bits per heavy atom. The molecule has 25 heavy (non-hydrogen) atoms. The molecular formula is C18H20FN5O. The Labute approximate surface area is 145 Å². The van der Waals surface area contributed by atoms with E-state index in [4.69, 9.17) is 9.78 Å². The lowest BCUT2D eigenvalue weighted by molar-refractivity contribution is 0.164. The van der Waals surface area contributed by atoms with Crippen LogP contribution in [0.15, 0.2) is 22.7 Å². The number of piperazine rings is 1. The zero-order valence-corrected chi connectivity index (χ0v) is 14.2. The van der Waals surface area contributed by atoms with E-state index in [-0.39, 0.29) is 11.9 Å². The Balaban J connectivity index is 1.39. The number of anilines is 1. The van der Waals surface area contributed by atoms with Gasteiger partial charge in [-0.1, -0.05) is 5.16 Å². The van der Waals surface area contributed by atoms with E-state index in [1.807, 2.05) is 11.0 Å². The molecule has 2 heterocycles. The van der Waals surface area contributed by atoms with Crippen LogP contribution < -0.4 is 4.90 Å². The van der Waals surface area contributed by atoms with Crippen LogP contribution in [0, 0.1) is 17.1 Å². The van der Waals surface area contributed by atoms with E-state index >= 15 is 0 Å². The fraction of sp³-hybridized carbons (Fsp3) is 0.500. The van der Waals surface area contributed by atoms with Gasteiger partial charge >= 0.3 is 0 Å². The second-order valence-electron chi connectivity index (χ2n) is 6.74. The summed E-state index contributed by atoms with van der Waals surface area (Å²) in [5.74, 6) is 1.65. The Morgan fingerprint density at radius 2 is 2.04 bits per heavy atom. The lowest BCUT2D eigenvalue weighted by atomic mass is 10.1. The Morgan fingerprint density at radius 3 is 2.68 bits per heavy atom. The fourth-order valence-electron chi connectivity index (χ4n) is 3.26. The summed E-state index contributed by atoms with van der Waals surface area (Å²) in [5, 5.41) is 12.9. The summed E-state index contributed by atoms with van der Waals surface area (Å²) in [4.78, 5) is 8.83. The van der Waals surface area contributed by atoms with Crippen LogP contribution in [0.4, 0.5) is 10.1 Å². The molecule has 7 heteroatoms. The highest BCUT2D eigenvalue weighted by molar-refractivity contribution is 5.51. The molecular weight excluding hydrogens is 321 g/mol. The SMILES string of the molecule is CC(c1nc(C2CC2)no1)N1CCN(c2ccc(C#N)cc2F)CC1. The summed E-state index contributed by atoms with van der Waals surface area (Å²) < 4.78 is 19.6. The first-order valence-electron chi connectivity index (χ1n) is 8.68. The van der Waals surface area contributed by atoms with Gasteiger partial charge in [0.15, 0.2) is 5.82 Å². The van der Waals surface area contributed by atoms with E-state index in [9.17, 15) is 4.39 Å². The Kier molecular flexibility index (Phi) is 4.14. The average Bonchev–Trinajstić information content (AvgIpc) is 3.38. The van der Waals surface area contributed by atoms with Crippen molar-refractivity contribution in [3.05, 3.63) is 41.3 Å². The van der Waals surface area contributed by atoms with E-state index in [1.54, 1.807) is 12.1 Å². The molecule has 1 saturated carbocycles. The molecule has 0 N–H and O–H groups in total. The van der Waals surface area contributed by atoms with Crippen molar-refractivity contribution in [2.75, 3.05) is 31.1 Å². The number of hydrogen-bond donors (Lipinski definition) is 0. The molecule has 1 unspecified atom stereocenters. The maximum absolute atomic E-state index is 14.2. The molecule has 1 aromatic heterocycles. The predicted octanol–water partition coefficient (Wildman–Crippen LogP) is 2.84. The third-order valence-corrected chi connectivity index (χ3v) is 5.04. The number of nitriles is 1. The van der Waals surface area contributed by atoms with Gasteiger partial charge in [-0.05, 0) is 38.0 Å². The molecule has 1 aliphatic heterocycles. The molecule has 130 valence electrons. The standard InChI is InChI=1S/C18H20FN5O/c1-12(18-21-17(22-25-18)14-3-4-14)23-6-8-24(9-7-23)16-5-2-13(11-20)10-15(16)19/h2,5,10,12,14H,3-4,6-9H2,1H3. The lowest BCUT2D eigenvalue weighted by Crippen LogP contribution is -2.47. The van der Waals surface area contributed by atoms with Crippen molar-refractivity contribution in [1.82, 2.24) is 15.0 Å². The highest BCUT2D eigenvalue weighted by atomic mass is 19.1. The van der Waals surface area contributed by atoms with Gasteiger partial charge in [-0.2, -0.15) is 10.2 Å². The van der Waals surface area contributed by atoms with Crippen LogP contribution in [0.2, 0.25) is 0 Å². The third kappa shape index (κ3) is 3.22. The molecule has 0 amide bonds. The van der Waals surface area contributed by atoms with E-state index < -0.39 is 0 Å². The van der Waals surface area contributed by atoms with Gasteiger partial charge in [-0.25, -0.2) is 4.39 Å². The zero-order chi connectivity index (χ0) is 17.4. The van der Waals surface area contributed by atoms with E-state index in [2.05, 4.69) is 22.0 Å². The van der Waals surface area contributed by atoms with Gasteiger partial charge in [0, 0.05) is 32.1 Å². The molecule has 1 aliphatic carbocycles. The normalized spacial score (nSPS) is 19.6. The highest BCUT2D eigenvalue weighted by Gasteiger charge is 2.31. The third-order valence-electron chi connectivity index (χ3n) is 5.04. The molecule has 2 aliphatic rings. The summed E-state index contributed by atoms with van der Waals surface area (Å²) in [6.45, 7) is 5.10. The van der Waals surface area contributed by atoms with Gasteiger partial charge in [0.05, 0.1) is 23.4 Å². The summed E-state index contributed by atoms with van der Waals surface area (Å²) in [6, 6.07) is 6.66. The highest BCUT2D eigenvalue weighted by Crippen LogP contribution is 2.38. The summed E-state index contributed by atoms with van der Waals surface area (Å²) in [7, 11) is 0. The minimum atomic E-state index is -0.341. The molecule has 6 nitrogen and oxygen atoms in total. The lowest BCUT2D eigenvalue weighted by Gasteiger charge is -2.38. The van der Waals surface area contributed by atoms with Crippen molar-refractivity contribution in [2.24, 2.45) is 0 Å². The van der Waals surface area contributed by atoms with Crippen molar-refractivity contribution >= 4 is 5.69 Å².